The first kappa shape index (κ1) is 11.0. The molecule has 0 radical (unpaired) electrons. The predicted molar refractivity (Wildman–Crippen MR) is 54.1 cm³/mol. The van der Waals surface area contributed by atoms with Crippen molar-refractivity contribution in [3.8, 4) is 0 Å². The van der Waals surface area contributed by atoms with E-state index < -0.39 is 10.0 Å². The van der Waals surface area contributed by atoms with Gasteiger partial charge in [0, 0.05) is 5.54 Å². The Morgan fingerprint density at radius 2 is 1.62 bits per heavy atom. The van der Waals surface area contributed by atoms with Gasteiger partial charge in [0.1, 0.15) is 0 Å². The minimum absolute atomic E-state index is 0.147. The largest absolute Gasteiger partial charge is 0.214 e. The SMILES string of the molecule is CC(C)(C)NS(=O)(=O)C1CCCC1. The Balaban J connectivity index is 2.66. The molecule has 0 unspecified atom stereocenters. The first-order chi connectivity index (χ1) is 5.81. The maximum Gasteiger partial charge on any atom is 0.214 e. The smallest absolute Gasteiger partial charge is 0.212 e. The first-order valence-corrected chi connectivity index (χ1v) is 6.39. The van der Waals surface area contributed by atoms with Crippen LogP contribution in [0.5, 0.6) is 0 Å². The van der Waals surface area contributed by atoms with E-state index in [-0.39, 0.29) is 10.8 Å². The number of sulfonamides is 1. The fourth-order valence-electron chi connectivity index (χ4n) is 1.71. The van der Waals surface area contributed by atoms with Crippen LogP contribution in [-0.2, 0) is 10.0 Å². The van der Waals surface area contributed by atoms with Gasteiger partial charge in [0.2, 0.25) is 10.0 Å². The Bertz CT molecular complexity index is 258. The van der Waals surface area contributed by atoms with E-state index in [1.807, 2.05) is 20.8 Å². The third-order valence-corrected chi connectivity index (χ3v) is 4.44. The zero-order chi connectivity index (χ0) is 10.1. The van der Waals surface area contributed by atoms with Gasteiger partial charge in [0.25, 0.3) is 0 Å². The number of hydrogen-bond acceptors (Lipinski definition) is 2. The van der Waals surface area contributed by atoms with Crippen molar-refractivity contribution in [1.82, 2.24) is 4.72 Å². The Labute approximate surface area is 81.0 Å². The zero-order valence-corrected chi connectivity index (χ0v) is 9.45. The van der Waals surface area contributed by atoms with Crippen LogP contribution in [-0.4, -0.2) is 19.2 Å². The summed E-state index contributed by atoms with van der Waals surface area (Å²) in [6, 6.07) is 0. The minimum atomic E-state index is -3.07. The van der Waals surface area contributed by atoms with Gasteiger partial charge in [0.15, 0.2) is 0 Å². The van der Waals surface area contributed by atoms with E-state index in [1.165, 1.54) is 0 Å². The number of nitrogens with one attached hydrogen (secondary N) is 1. The third-order valence-electron chi connectivity index (χ3n) is 2.19. The van der Waals surface area contributed by atoms with E-state index in [9.17, 15) is 8.42 Å². The van der Waals surface area contributed by atoms with E-state index in [0.29, 0.717) is 0 Å². The van der Waals surface area contributed by atoms with Crippen LogP contribution < -0.4 is 4.72 Å². The summed E-state index contributed by atoms with van der Waals surface area (Å²) in [5, 5.41) is -0.147. The van der Waals surface area contributed by atoms with Crippen LogP contribution in [0, 0.1) is 0 Å². The quantitative estimate of drug-likeness (QED) is 0.745. The molecule has 13 heavy (non-hydrogen) atoms. The molecule has 0 aromatic rings. The fourth-order valence-corrected chi connectivity index (χ4v) is 3.68. The Kier molecular flexibility index (Phi) is 3.02. The molecule has 0 heterocycles. The summed E-state index contributed by atoms with van der Waals surface area (Å²) in [6.07, 6.45) is 3.75. The third kappa shape index (κ3) is 3.27. The van der Waals surface area contributed by atoms with Crippen molar-refractivity contribution in [2.45, 2.75) is 57.2 Å². The topological polar surface area (TPSA) is 46.2 Å². The van der Waals surface area contributed by atoms with Gasteiger partial charge in [-0.1, -0.05) is 12.8 Å². The van der Waals surface area contributed by atoms with Crippen molar-refractivity contribution in [2.75, 3.05) is 0 Å². The predicted octanol–water partition coefficient (Wildman–Crippen LogP) is 1.65. The summed E-state index contributed by atoms with van der Waals surface area (Å²) in [6.45, 7) is 5.62. The highest BCUT2D eigenvalue weighted by atomic mass is 32.2. The van der Waals surface area contributed by atoms with Gasteiger partial charge in [-0.25, -0.2) is 13.1 Å². The normalized spacial score (nSPS) is 20.8. The van der Waals surface area contributed by atoms with Gasteiger partial charge in [-0.2, -0.15) is 0 Å². The van der Waals surface area contributed by atoms with Crippen LogP contribution in [0.1, 0.15) is 46.5 Å². The summed E-state index contributed by atoms with van der Waals surface area (Å²) in [7, 11) is -3.07. The maximum absolute atomic E-state index is 11.7. The molecule has 1 aliphatic rings. The lowest BCUT2D eigenvalue weighted by molar-refractivity contribution is 0.483. The second kappa shape index (κ2) is 3.58. The van der Waals surface area contributed by atoms with Crippen LogP contribution in [0.15, 0.2) is 0 Å². The molecule has 0 saturated heterocycles. The molecule has 78 valence electrons. The lowest BCUT2D eigenvalue weighted by atomic mass is 10.1. The molecule has 0 spiro atoms. The summed E-state index contributed by atoms with van der Waals surface area (Å²) in [5.41, 5.74) is -0.346. The second-order valence-corrected chi connectivity index (χ2v) is 6.76. The molecule has 1 N–H and O–H groups in total. The maximum atomic E-state index is 11.7. The fraction of sp³-hybridized carbons (Fsp3) is 1.00. The van der Waals surface area contributed by atoms with Crippen molar-refractivity contribution in [3.05, 3.63) is 0 Å². The molecule has 0 aromatic heterocycles. The highest BCUT2D eigenvalue weighted by Crippen LogP contribution is 2.24. The highest BCUT2D eigenvalue weighted by Gasteiger charge is 2.31. The van der Waals surface area contributed by atoms with Crippen LogP contribution >= 0.6 is 0 Å². The van der Waals surface area contributed by atoms with Gasteiger partial charge in [-0.15, -0.1) is 0 Å². The molecule has 1 aliphatic carbocycles. The van der Waals surface area contributed by atoms with Crippen molar-refractivity contribution in [1.29, 1.82) is 0 Å². The van der Waals surface area contributed by atoms with Gasteiger partial charge in [-0.3, -0.25) is 0 Å². The molecule has 0 amide bonds. The van der Waals surface area contributed by atoms with Crippen molar-refractivity contribution < 1.29 is 8.42 Å². The van der Waals surface area contributed by atoms with E-state index in [1.54, 1.807) is 0 Å². The minimum Gasteiger partial charge on any atom is -0.212 e. The Hall–Kier alpha value is -0.0900. The summed E-state index contributed by atoms with van der Waals surface area (Å²) in [5.74, 6) is 0. The van der Waals surface area contributed by atoms with Crippen molar-refractivity contribution in [2.24, 2.45) is 0 Å². The molecule has 1 fully saturated rings. The average molecular weight is 205 g/mol. The Morgan fingerprint density at radius 1 is 1.15 bits per heavy atom. The summed E-state index contributed by atoms with van der Waals surface area (Å²) in [4.78, 5) is 0. The molecule has 0 bridgehead atoms. The molecular formula is C9H19NO2S. The first-order valence-electron chi connectivity index (χ1n) is 4.84. The molecular weight excluding hydrogens is 186 g/mol. The van der Waals surface area contributed by atoms with E-state index in [2.05, 4.69) is 4.72 Å². The standard InChI is InChI=1S/C9H19NO2S/c1-9(2,3)10-13(11,12)8-6-4-5-7-8/h8,10H,4-7H2,1-3H3. The average Bonchev–Trinajstić information content (AvgIpc) is 2.29. The molecule has 0 aromatic carbocycles. The molecule has 0 atom stereocenters. The van der Waals surface area contributed by atoms with Crippen LogP contribution in [0.4, 0.5) is 0 Å². The van der Waals surface area contributed by atoms with E-state index >= 15 is 0 Å². The van der Waals surface area contributed by atoms with Crippen molar-refractivity contribution in [3.63, 3.8) is 0 Å². The number of rotatable bonds is 2. The monoisotopic (exact) mass is 205 g/mol. The van der Waals surface area contributed by atoms with Gasteiger partial charge < -0.3 is 0 Å². The second-order valence-electron chi connectivity index (χ2n) is 4.80. The summed E-state index contributed by atoms with van der Waals surface area (Å²) >= 11 is 0. The summed E-state index contributed by atoms with van der Waals surface area (Å²) < 4.78 is 26.2. The lowest BCUT2D eigenvalue weighted by Crippen LogP contribution is -2.44. The molecule has 3 nitrogen and oxygen atoms in total. The van der Waals surface area contributed by atoms with Gasteiger partial charge in [0.05, 0.1) is 5.25 Å². The van der Waals surface area contributed by atoms with Crippen LogP contribution in [0.3, 0.4) is 0 Å². The zero-order valence-electron chi connectivity index (χ0n) is 8.63. The lowest BCUT2D eigenvalue weighted by Gasteiger charge is -2.23. The Morgan fingerprint density at radius 3 is 2.00 bits per heavy atom. The molecule has 1 rings (SSSR count). The van der Waals surface area contributed by atoms with Gasteiger partial charge >= 0.3 is 0 Å². The molecule has 0 aliphatic heterocycles. The number of hydrogen-bond donors (Lipinski definition) is 1. The van der Waals surface area contributed by atoms with E-state index in [0.717, 1.165) is 25.7 Å². The van der Waals surface area contributed by atoms with Crippen LogP contribution in [0.25, 0.3) is 0 Å². The highest BCUT2D eigenvalue weighted by molar-refractivity contribution is 7.90. The van der Waals surface area contributed by atoms with Crippen LogP contribution in [0.2, 0.25) is 0 Å². The van der Waals surface area contributed by atoms with E-state index in [4.69, 9.17) is 0 Å². The van der Waals surface area contributed by atoms with Crippen molar-refractivity contribution >= 4 is 10.0 Å². The molecule has 1 saturated carbocycles. The molecule has 4 heteroatoms. The van der Waals surface area contributed by atoms with Gasteiger partial charge in [-0.05, 0) is 33.6 Å².